The standard InChI is InChI=1S/C24H28Cl2N4O8/c1-2-37-24-17(10-20(33)38-24)28-22(35)18-4-3-7-29-19(32)6-5-16(23(36)30(18)29)27-21(34)12-8-14(25)13(11-31)15(26)9-12/h8-9,16-18,24,31H,2-7,10-11H2,1H3,(H,27,34)(H,28,35)/t16-,17-,18-,24?/m0/s1. The number of benzene rings is 1. The Balaban J connectivity index is 1.53. The quantitative estimate of drug-likeness (QED) is 0.408. The van der Waals surface area contributed by atoms with Gasteiger partial charge >= 0.3 is 5.97 Å². The Morgan fingerprint density at radius 2 is 1.87 bits per heavy atom. The Kier molecular flexibility index (Phi) is 8.76. The molecule has 38 heavy (non-hydrogen) atoms. The van der Waals surface area contributed by atoms with Gasteiger partial charge in [-0.1, -0.05) is 23.2 Å². The van der Waals surface area contributed by atoms with Crippen molar-refractivity contribution in [2.75, 3.05) is 13.2 Å². The van der Waals surface area contributed by atoms with Gasteiger partial charge in [-0.05, 0) is 38.3 Å². The van der Waals surface area contributed by atoms with Crippen molar-refractivity contribution in [3.05, 3.63) is 33.3 Å². The molecule has 3 aliphatic heterocycles. The van der Waals surface area contributed by atoms with E-state index in [4.69, 9.17) is 32.7 Å². The van der Waals surface area contributed by atoms with E-state index in [9.17, 15) is 29.1 Å². The molecule has 3 aliphatic rings. The van der Waals surface area contributed by atoms with Crippen molar-refractivity contribution in [3.63, 3.8) is 0 Å². The highest BCUT2D eigenvalue weighted by Crippen LogP contribution is 2.28. The molecular weight excluding hydrogens is 543 g/mol. The van der Waals surface area contributed by atoms with Gasteiger partial charge in [-0.15, -0.1) is 0 Å². The van der Waals surface area contributed by atoms with Crippen LogP contribution in [0.1, 0.15) is 54.9 Å². The van der Waals surface area contributed by atoms with E-state index in [-0.39, 0.29) is 65.9 Å². The number of hydrogen-bond donors (Lipinski definition) is 3. The molecule has 1 aromatic carbocycles. The number of aliphatic hydroxyl groups excluding tert-OH is 1. The Morgan fingerprint density at radius 1 is 1.16 bits per heavy atom. The highest BCUT2D eigenvalue weighted by molar-refractivity contribution is 6.36. The van der Waals surface area contributed by atoms with Gasteiger partial charge in [0.25, 0.3) is 11.8 Å². The van der Waals surface area contributed by atoms with Crippen LogP contribution in [0.5, 0.6) is 0 Å². The maximum absolute atomic E-state index is 13.6. The molecule has 0 aromatic heterocycles. The first-order valence-corrected chi connectivity index (χ1v) is 13.0. The second-order valence-corrected chi connectivity index (χ2v) is 9.95. The number of carbonyl (C=O) groups excluding carboxylic acids is 5. The number of cyclic esters (lactones) is 1. The maximum atomic E-state index is 13.6. The van der Waals surface area contributed by atoms with Gasteiger partial charge in [0.2, 0.25) is 18.1 Å². The van der Waals surface area contributed by atoms with Crippen LogP contribution in [0.25, 0.3) is 0 Å². The Bertz CT molecular complexity index is 1130. The van der Waals surface area contributed by atoms with Crippen molar-refractivity contribution in [2.45, 2.75) is 70.1 Å². The van der Waals surface area contributed by atoms with E-state index in [0.29, 0.717) is 6.42 Å². The molecule has 3 heterocycles. The van der Waals surface area contributed by atoms with Gasteiger partial charge in [0.1, 0.15) is 18.1 Å². The third-order valence-corrected chi connectivity index (χ3v) is 7.33. The number of aliphatic hydroxyl groups is 1. The van der Waals surface area contributed by atoms with E-state index < -0.39 is 54.7 Å². The number of fused-ring (bicyclic) bond motifs is 1. The first-order valence-electron chi connectivity index (χ1n) is 12.3. The van der Waals surface area contributed by atoms with Gasteiger partial charge in [0, 0.05) is 40.7 Å². The second kappa shape index (κ2) is 11.9. The number of rotatable bonds is 7. The minimum absolute atomic E-state index is 0.0239. The molecule has 1 unspecified atom stereocenters. The minimum Gasteiger partial charge on any atom is -0.433 e. The van der Waals surface area contributed by atoms with Crippen LogP contribution in [0.3, 0.4) is 0 Å². The topological polar surface area (TPSA) is 155 Å². The fourth-order valence-corrected chi connectivity index (χ4v) is 5.39. The number of hydrazine groups is 1. The van der Waals surface area contributed by atoms with Gasteiger partial charge in [-0.25, -0.2) is 5.01 Å². The Labute approximate surface area is 228 Å². The predicted octanol–water partition coefficient (Wildman–Crippen LogP) is 0.907. The molecule has 0 aliphatic carbocycles. The molecule has 3 saturated heterocycles. The summed E-state index contributed by atoms with van der Waals surface area (Å²) in [5.41, 5.74) is 0.331. The van der Waals surface area contributed by atoms with Crippen molar-refractivity contribution in [1.29, 1.82) is 0 Å². The van der Waals surface area contributed by atoms with Gasteiger partial charge in [0.05, 0.1) is 13.0 Å². The first kappa shape index (κ1) is 28.1. The summed E-state index contributed by atoms with van der Waals surface area (Å²) >= 11 is 12.2. The zero-order valence-electron chi connectivity index (χ0n) is 20.6. The maximum Gasteiger partial charge on any atom is 0.310 e. The molecular formula is C24H28Cl2N4O8. The normalized spacial score (nSPS) is 25.5. The molecule has 1 aromatic rings. The lowest BCUT2D eigenvalue weighted by atomic mass is 10.0. The van der Waals surface area contributed by atoms with Crippen molar-refractivity contribution in [3.8, 4) is 0 Å². The van der Waals surface area contributed by atoms with E-state index in [0.717, 1.165) is 5.01 Å². The summed E-state index contributed by atoms with van der Waals surface area (Å²) in [6.45, 7) is 1.82. The molecule has 0 radical (unpaired) electrons. The largest absolute Gasteiger partial charge is 0.433 e. The van der Waals surface area contributed by atoms with Crippen LogP contribution in [-0.2, 0) is 35.3 Å². The van der Waals surface area contributed by atoms with Crippen LogP contribution < -0.4 is 10.6 Å². The number of carbonyl (C=O) groups is 5. The molecule has 0 bridgehead atoms. The van der Waals surface area contributed by atoms with E-state index >= 15 is 0 Å². The zero-order chi connectivity index (χ0) is 27.6. The highest BCUT2D eigenvalue weighted by Gasteiger charge is 2.46. The van der Waals surface area contributed by atoms with E-state index in [1.54, 1.807) is 6.92 Å². The fraction of sp³-hybridized carbons (Fsp3) is 0.542. The van der Waals surface area contributed by atoms with Crippen molar-refractivity contribution >= 4 is 52.8 Å². The Hall–Kier alpha value is -2.93. The third-order valence-electron chi connectivity index (χ3n) is 6.65. The van der Waals surface area contributed by atoms with Crippen molar-refractivity contribution < 1.29 is 38.6 Å². The van der Waals surface area contributed by atoms with Gasteiger partial charge in [-0.2, -0.15) is 0 Å². The summed E-state index contributed by atoms with van der Waals surface area (Å²) < 4.78 is 10.5. The predicted molar refractivity (Wildman–Crippen MR) is 133 cm³/mol. The van der Waals surface area contributed by atoms with E-state index in [1.807, 2.05) is 0 Å². The Morgan fingerprint density at radius 3 is 2.53 bits per heavy atom. The smallest absolute Gasteiger partial charge is 0.310 e. The molecule has 0 spiro atoms. The molecule has 4 amide bonds. The average Bonchev–Trinajstić information content (AvgIpc) is 3.17. The van der Waals surface area contributed by atoms with Gasteiger partial charge in [0.15, 0.2) is 0 Å². The molecule has 4 atom stereocenters. The number of ether oxygens (including phenoxy) is 2. The summed E-state index contributed by atoms with van der Waals surface area (Å²) in [5, 5.41) is 17.3. The monoisotopic (exact) mass is 570 g/mol. The SMILES string of the molecule is CCOC1OC(=O)C[C@@H]1NC(=O)[C@@H]1CCCN2C(=O)CC[C@H](NC(=O)c3cc(Cl)c(CO)c(Cl)c3)C(=O)N12. The van der Waals surface area contributed by atoms with Crippen LogP contribution in [0, 0.1) is 0 Å². The molecule has 4 rings (SSSR count). The lowest BCUT2D eigenvalue weighted by Gasteiger charge is -2.43. The summed E-state index contributed by atoms with van der Waals surface area (Å²) in [6, 6.07) is -0.237. The van der Waals surface area contributed by atoms with Crippen LogP contribution in [0.2, 0.25) is 10.0 Å². The molecule has 3 N–H and O–H groups in total. The zero-order valence-corrected chi connectivity index (χ0v) is 22.1. The van der Waals surface area contributed by atoms with E-state index in [2.05, 4.69) is 10.6 Å². The van der Waals surface area contributed by atoms with Crippen molar-refractivity contribution in [2.24, 2.45) is 0 Å². The summed E-state index contributed by atoms with van der Waals surface area (Å²) in [6.07, 6.45) is -0.272. The highest BCUT2D eigenvalue weighted by atomic mass is 35.5. The van der Waals surface area contributed by atoms with Crippen LogP contribution >= 0.6 is 23.2 Å². The number of halogens is 2. The van der Waals surface area contributed by atoms with Crippen molar-refractivity contribution in [1.82, 2.24) is 20.7 Å². The van der Waals surface area contributed by atoms with Crippen LogP contribution in [0.15, 0.2) is 12.1 Å². The van der Waals surface area contributed by atoms with Gasteiger partial charge in [-0.3, -0.25) is 29.0 Å². The number of esters is 1. The number of hydrogen-bond acceptors (Lipinski definition) is 8. The summed E-state index contributed by atoms with van der Waals surface area (Å²) in [4.78, 5) is 64.6. The van der Waals surface area contributed by atoms with Crippen LogP contribution in [-0.4, -0.2) is 82.3 Å². The second-order valence-electron chi connectivity index (χ2n) is 9.13. The average molecular weight is 571 g/mol. The number of nitrogens with one attached hydrogen (secondary N) is 2. The lowest BCUT2D eigenvalue weighted by molar-refractivity contribution is -0.177. The van der Waals surface area contributed by atoms with E-state index in [1.165, 1.54) is 17.1 Å². The number of amides is 4. The minimum atomic E-state index is -1.10. The lowest BCUT2D eigenvalue weighted by Crippen LogP contribution is -2.64. The molecule has 12 nitrogen and oxygen atoms in total. The third kappa shape index (κ3) is 5.73. The first-order chi connectivity index (χ1) is 18.1. The molecule has 0 saturated carbocycles. The summed E-state index contributed by atoms with van der Waals surface area (Å²) in [7, 11) is 0. The fourth-order valence-electron chi connectivity index (χ4n) is 4.78. The molecule has 206 valence electrons. The van der Waals surface area contributed by atoms with Crippen LogP contribution in [0.4, 0.5) is 0 Å². The van der Waals surface area contributed by atoms with Gasteiger partial charge < -0.3 is 25.2 Å². The number of nitrogens with zero attached hydrogens (tertiary/aromatic N) is 2. The molecule has 14 heteroatoms. The molecule has 3 fully saturated rings. The summed E-state index contributed by atoms with van der Waals surface area (Å²) in [5.74, 6) is -2.70.